The lowest BCUT2D eigenvalue weighted by atomic mass is 10.1. The van der Waals surface area contributed by atoms with Gasteiger partial charge in [0.05, 0.1) is 18.1 Å². The molecule has 0 fully saturated rings. The number of rotatable bonds is 6. The number of esters is 1. The van der Waals surface area contributed by atoms with Gasteiger partial charge in [0.15, 0.2) is 10.7 Å². The van der Waals surface area contributed by atoms with Crippen LogP contribution in [-0.2, 0) is 20.7 Å². The van der Waals surface area contributed by atoms with E-state index in [0.717, 1.165) is 28.9 Å². The van der Waals surface area contributed by atoms with E-state index in [1.807, 2.05) is 24.3 Å². The predicted octanol–water partition coefficient (Wildman–Crippen LogP) is 3.61. The molecule has 1 aliphatic carbocycles. The average molecular weight is 403 g/mol. The summed E-state index contributed by atoms with van der Waals surface area (Å²) >= 11 is 2.65. The summed E-state index contributed by atoms with van der Waals surface area (Å²) in [7, 11) is 0. The van der Waals surface area contributed by atoms with Crippen LogP contribution in [0.1, 0.15) is 29.8 Å². The van der Waals surface area contributed by atoms with Crippen LogP contribution in [-0.4, -0.2) is 34.2 Å². The summed E-state index contributed by atoms with van der Waals surface area (Å²) in [5.41, 5.74) is 2.20. The molecule has 0 spiro atoms. The van der Waals surface area contributed by atoms with Crippen molar-refractivity contribution in [3.8, 4) is 0 Å². The van der Waals surface area contributed by atoms with Crippen LogP contribution in [0.4, 0.5) is 5.13 Å². The smallest absolute Gasteiger partial charge is 0.315 e. The second-order valence-electron chi connectivity index (χ2n) is 5.96. The number of ether oxygens (including phenoxy) is 1. The number of carbonyl (C=O) groups excluding carboxylic acids is 2. The molecular formula is C18H17N3O4S2. The number of benzene rings is 1. The third-order valence-corrected chi connectivity index (χ3v) is 6.01. The molecule has 2 aromatic heterocycles. The highest BCUT2D eigenvalue weighted by Crippen LogP contribution is 2.39. The molecule has 1 atom stereocenters. The van der Waals surface area contributed by atoms with Crippen molar-refractivity contribution in [2.45, 2.75) is 30.9 Å². The van der Waals surface area contributed by atoms with Gasteiger partial charge in [0.25, 0.3) is 5.22 Å². The van der Waals surface area contributed by atoms with Crippen molar-refractivity contribution in [3.63, 3.8) is 0 Å². The number of thioether (sulfide) groups is 1. The van der Waals surface area contributed by atoms with E-state index in [1.165, 1.54) is 23.1 Å². The van der Waals surface area contributed by atoms with E-state index in [4.69, 9.17) is 9.15 Å². The zero-order valence-electron chi connectivity index (χ0n) is 14.6. The lowest BCUT2D eigenvalue weighted by molar-refractivity contribution is -0.145. The van der Waals surface area contributed by atoms with E-state index >= 15 is 0 Å². The van der Waals surface area contributed by atoms with Crippen molar-refractivity contribution in [2.24, 2.45) is 0 Å². The van der Waals surface area contributed by atoms with Crippen LogP contribution >= 0.6 is 23.1 Å². The number of thiazole rings is 1. The Morgan fingerprint density at radius 3 is 3.04 bits per heavy atom. The molecular weight excluding hydrogens is 386 g/mol. The number of anilines is 1. The summed E-state index contributed by atoms with van der Waals surface area (Å²) in [5.74, 6) is -0.595. The van der Waals surface area contributed by atoms with E-state index in [2.05, 4.69) is 15.3 Å². The Kier molecular flexibility index (Phi) is 5.13. The number of nitrogens with one attached hydrogen (secondary N) is 1. The molecule has 0 radical (unpaired) electrons. The number of amides is 1. The standard InChI is InChI=1S/C18H17N3O4S2/c1-2-24-16(23)10-7-8-13-15(10)21-17(27-13)20-14(22)9-26-18-19-11-5-3-4-6-12(11)25-18/h3-6,10H,2,7-9H2,1H3,(H,20,21,22)/t10-/m0/s1. The molecule has 27 heavy (non-hydrogen) atoms. The Bertz CT molecular complexity index is 965. The molecule has 0 saturated heterocycles. The van der Waals surface area contributed by atoms with Crippen LogP contribution < -0.4 is 5.32 Å². The minimum atomic E-state index is -0.323. The SMILES string of the molecule is CCOC(=O)[C@H]1CCc2sc(NC(=O)CSc3nc4ccccc4o3)nc21. The molecule has 9 heteroatoms. The second-order valence-corrected chi connectivity index (χ2v) is 7.97. The highest BCUT2D eigenvalue weighted by Gasteiger charge is 2.33. The summed E-state index contributed by atoms with van der Waals surface area (Å²) < 4.78 is 10.7. The van der Waals surface area contributed by atoms with Gasteiger partial charge in [-0.1, -0.05) is 23.9 Å². The number of aryl methyl sites for hydroxylation is 1. The van der Waals surface area contributed by atoms with Crippen LogP contribution in [0.25, 0.3) is 11.1 Å². The highest BCUT2D eigenvalue weighted by molar-refractivity contribution is 7.99. The number of aromatic nitrogens is 2. The lowest BCUT2D eigenvalue weighted by Crippen LogP contribution is -2.16. The van der Waals surface area contributed by atoms with E-state index in [-0.39, 0.29) is 23.5 Å². The fourth-order valence-electron chi connectivity index (χ4n) is 2.95. The zero-order valence-corrected chi connectivity index (χ0v) is 16.2. The van der Waals surface area contributed by atoms with Crippen molar-refractivity contribution in [3.05, 3.63) is 34.8 Å². The zero-order chi connectivity index (χ0) is 18.8. The Hall–Kier alpha value is -2.39. The minimum absolute atomic E-state index is 0.165. The topological polar surface area (TPSA) is 94.3 Å². The van der Waals surface area contributed by atoms with Gasteiger partial charge in [0, 0.05) is 4.88 Å². The van der Waals surface area contributed by atoms with Crippen LogP contribution in [0.2, 0.25) is 0 Å². The Morgan fingerprint density at radius 2 is 2.22 bits per heavy atom. The number of hydrogen-bond donors (Lipinski definition) is 1. The molecule has 4 rings (SSSR count). The summed E-state index contributed by atoms with van der Waals surface area (Å²) in [4.78, 5) is 34.0. The van der Waals surface area contributed by atoms with E-state index in [0.29, 0.717) is 22.5 Å². The third-order valence-electron chi connectivity index (χ3n) is 4.14. The Balaban J connectivity index is 1.36. The molecule has 140 valence electrons. The molecule has 0 aliphatic heterocycles. The normalized spacial score (nSPS) is 15.7. The molecule has 1 aromatic carbocycles. The van der Waals surface area contributed by atoms with Gasteiger partial charge in [-0.25, -0.2) is 9.97 Å². The second kappa shape index (κ2) is 7.69. The fraction of sp³-hybridized carbons (Fsp3) is 0.333. The molecule has 1 N–H and O–H groups in total. The van der Waals surface area contributed by atoms with Crippen LogP contribution in [0, 0.1) is 0 Å². The van der Waals surface area contributed by atoms with Gasteiger partial charge in [-0.05, 0) is 31.9 Å². The van der Waals surface area contributed by atoms with Crippen molar-refractivity contribution in [1.82, 2.24) is 9.97 Å². The van der Waals surface area contributed by atoms with Gasteiger partial charge in [-0.3, -0.25) is 9.59 Å². The molecule has 0 bridgehead atoms. The van der Waals surface area contributed by atoms with E-state index in [1.54, 1.807) is 6.92 Å². The summed E-state index contributed by atoms with van der Waals surface area (Å²) in [5, 5.41) is 3.76. The lowest BCUT2D eigenvalue weighted by Gasteiger charge is -2.07. The first-order valence-electron chi connectivity index (χ1n) is 8.58. The number of oxazole rings is 1. The Labute approximate surface area is 163 Å². The van der Waals surface area contributed by atoms with E-state index in [9.17, 15) is 9.59 Å². The first kappa shape index (κ1) is 18.0. The maximum atomic E-state index is 12.2. The maximum Gasteiger partial charge on any atom is 0.315 e. The van der Waals surface area contributed by atoms with Crippen molar-refractivity contribution < 1.29 is 18.7 Å². The minimum Gasteiger partial charge on any atom is -0.465 e. The van der Waals surface area contributed by atoms with Gasteiger partial charge in [-0.15, -0.1) is 11.3 Å². The number of fused-ring (bicyclic) bond motifs is 2. The van der Waals surface area contributed by atoms with E-state index < -0.39 is 0 Å². The number of nitrogens with zero attached hydrogens (tertiary/aromatic N) is 2. The molecule has 7 nitrogen and oxygen atoms in total. The van der Waals surface area contributed by atoms with Gasteiger partial charge in [0.2, 0.25) is 5.91 Å². The van der Waals surface area contributed by atoms with Crippen molar-refractivity contribution in [2.75, 3.05) is 17.7 Å². The monoisotopic (exact) mass is 403 g/mol. The quantitative estimate of drug-likeness (QED) is 0.496. The molecule has 1 amide bonds. The fourth-order valence-corrected chi connectivity index (χ4v) is 4.64. The third kappa shape index (κ3) is 3.84. The molecule has 0 unspecified atom stereocenters. The largest absolute Gasteiger partial charge is 0.465 e. The highest BCUT2D eigenvalue weighted by atomic mass is 32.2. The molecule has 0 saturated carbocycles. The van der Waals surface area contributed by atoms with Crippen LogP contribution in [0.5, 0.6) is 0 Å². The van der Waals surface area contributed by atoms with Crippen molar-refractivity contribution >= 4 is 51.2 Å². The Morgan fingerprint density at radius 1 is 1.37 bits per heavy atom. The molecule has 3 aromatic rings. The molecule has 2 heterocycles. The first-order valence-corrected chi connectivity index (χ1v) is 10.4. The number of para-hydroxylation sites is 2. The van der Waals surface area contributed by atoms with Gasteiger partial charge >= 0.3 is 5.97 Å². The number of carbonyl (C=O) groups is 2. The predicted molar refractivity (Wildman–Crippen MR) is 103 cm³/mol. The molecule has 1 aliphatic rings. The summed E-state index contributed by atoms with van der Waals surface area (Å²) in [6.07, 6.45) is 1.50. The van der Waals surface area contributed by atoms with Crippen LogP contribution in [0.15, 0.2) is 33.9 Å². The number of hydrogen-bond acceptors (Lipinski definition) is 8. The van der Waals surface area contributed by atoms with Crippen LogP contribution in [0.3, 0.4) is 0 Å². The summed E-state index contributed by atoms with van der Waals surface area (Å²) in [6.45, 7) is 2.14. The van der Waals surface area contributed by atoms with Crippen molar-refractivity contribution in [1.29, 1.82) is 0 Å². The average Bonchev–Trinajstić information content (AvgIpc) is 3.33. The van der Waals surface area contributed by atoms with Gasteiger partial charge < -0.3 is 14.5 Å². The van der Waals surface area contributed by atoms with Gasteiger partial charge in [-0.2, -0.15) is 0 Å². The summed E-state index contributed by atoms with van der Waals surface area (Å²) in [6, 6.07) is 7.46. The van der Waals surface area contributed by atoms with Gasteiger partial charge in [0.1, 0.15) is 11.4 Å². The first-order chi connectivity index (χ1) is 13.1. The maximum absolute atomic E-state index is 12.2.